The van der Waals surface area contributed by atoms with Crippen molar-refractivity contribution in [2.24, 2.45) is 0 Å². The van der Waals surface area contributed by atoms with Crippen LogP contribution in [-0.2, 0) is 14.3 Å². The molecule has 1 fully saturated rings. The van der Waals surface area contributed by atoms with Crippen LogP contribution >= 0.6 is 0 Å². The maximum Gasteiger partial charge on any atom is 0.328 e. The monoisotopic (exact) mass is 169 g/mol. The number of likely N-dealkylation sites (tertiary alicyclic amines) is 1. The van der Waals surface area contributed by atoms with Gasteiger partial charge in [0.2, 0.25) is 5.91 Å². The van der Waals surface area contributed by atoms with E-state index in [-0.39, 0.29) is 11.9 Å². The molecule has 1 amide bonds. The molecule has 0 aromatic carbocycles. The molecule has 0 spiro atoms. The van der Waals surface area contributed by atoms with E-state index in [9.17, 15) is 9.59 Å². The summed E-state index contributed by atoms with van der Waals surface area (Å²) >= 11 is 0. The number of esters is 1. The first-order valence-corrected chi connectivity index (χ1v) is 3.72. The third-order valence-corrected chi connectivity index (χ3v) is 1.93. The van der Waals surface area contributed by atoms with Crippen LogP contribution in [0, 0.1) is 0 Å². The summed E-state index contributed by atoms with van der Waals surface area (Å²) in [5.41, 5.74) is 0. The minimum atomic E-state index is -0.458. The molecule has 0 aromatic heterocycles. The molecule has 1 atom stereocenters. The lowest BCUT2D eigenvalue weighted by Gasteiger charge is -2.17. The van der Waals surface area contributed by atoms with Gasteiger partial charge in [0.25, 0.3) is 0 Å². The highest BCUT2D eigenvalue weighted by Crippen LogP contribution is 2.19. The van der Waals surface area contributed by atoms with Crippen molar-refractivity contribution in [3.05, 3.63) is 12.8 Å². The Morgan fingerprint density at radius 1 is 1.83 bits per heavy atom. The maximum absolute atomic E-state index is 11.1. The standard InChI is InChI=1S/C8H11NO3/c1-3-9-6(8(11)12-2)4-5-7(9)10/h3,6H,1,4-5H2,2H3/t6-/m0/s1. The molecule has 1 aliphatic rings. The molecule has 0 saturated carbocycles. The third-order valence-electron chi connectivity index (χ3n) is 1.93. The number of rotatable bonds is 2. The first kappa shape index (κ1) is 8.77. The van der Waals surface area contributed by atoms with Gasteiger partial charge in [-0.25, -0.2) is 4.79 Å². The van der Waals surface area contributed by atoms with E-state index in [1.54, 1.807) is 0 Å². The summed E-state index contributed by atoms with van der Waals surface area (Å²) < 4.78 is 4.53. The lowest BCUT2D eigenvalue weighted by molar-refractivity contribution is -0.147. The van der Waals surface area contributed by atoms with Crippen LogP contribution in [0.25, 0.3) is 0 Å². The van der Waals surface area contributed by atoms with Gasteiger partial charge in [0.15, 0.2) is 0 Å². The van der Waals surface area contributed by atoms with E-state index in [1.807, 2.05) is 0 Å². The first-order chi connectivity index (χ1) is 5.70. The van der Waals surface area contributed by atoms with E-state index in [0.717, 1.165) is 0 Å². The van der Waals surface area contributed by atoms with Crippen molar-refractivity contribution in [1.29, 1.82) is 0 Å². The smallest absolute Gasteiger partial charge is 0.328 e. The van der Waals surface area contributed by atoms with E-state index in [2.05, 4.69) is 11.3 Å². The second-order valence-corrected chi connectivity index (χ2v) is 2.56. The Balaban J connectivity index is 2.72. The Labute approximate surface area is 70.8 Å². The predicted molar refractivity (Wildman–Crippen MR) is 42.1 cm³/mol. The number of hydrogen-bond donors (Lipinski definition) is 0. The molecule has 1 heterocycles. The maximum atomic E-state index is 11.1. The molecule has 0 aliphatic carbocycles. The van der Waals surface area contributed by atoms with E-state index in [0.29, 0.717) is 12.8 Å². The van der Waals surface area contributed by atoms with E-state index < -0.39 is 6.04 Å². The first-order valence-electron chi connectivity index (χ1n) is 3.72. The molecule has 0 radical (unpaired) electrons. The molecule has 1 rings (SSSR count). The Kier molecular flexibility index (Phi) is 2.47. The number of methoxy groups -OCH3 is 1. The Morgan fingerprint density at radius 2 is 2.50 bits per heavy atom. The summed E-state index contributed by atoms with van der Waals surface area (Å²) in [6.45, 7) is 3.46. The molecular weight excluding hydrogens is 158 g/mol. The summed E-state index contributed by atoms with van der Waals surface area (Å²) in [6.07, 6.45) is 2.29. The normalized spacial score (nSPS) is 22.6. The number of hydrogen-bond acceptors (Lipinski definition) is 3. The zero-order valence-corrected chi connectivity index (χ0v) is 6.95. The van der Waals surface area contributed by atoms with Crippen LogP contribution in [0.1, 0.15) is 12.8 Å². The van der Waals surface area contributed by atoms with Gasteiger partial charge in [0, 0.05) is 12.6 Å². The molecule has 0 unspecified atom stereocenters. The molecule has 0 N–H and O–H groups in total. The van der Waals surface area contributed by atoms with Gasteiger partial charge >= 0.3 is 5.97 Å². The van der Waals surface area contributed by atoms with Crippen molar-refractivity contribution in [3.63, 3.8) is 0 Å². The highest BCUT2D eigenvalue weighted by atomic mass is 16.5. The van der Waals surface area contributed by atoms with Crippen LogP contribution < -0.4 is 0 Å². The van der Waals surface area contributed by atoms with Crippen molar-refractivity contribution in [3.8, 4) is 0 Å². The molecule has 0 bridgehead atoms. The van der Waals surface area contributed by atoms with Crippen molar-refractivity contribution in [2.75, 3.05) is 7.11 Å². The van der Waals surface area contributed by atoms with Crippen LogP contribution in [0.5, 0.6) is 0 Å². The fraction of sp³-hybridized carbons (Fsp3) is 0.500. The minimum Gasteiger partial charge on any atom is -0.467 e. The van der Waals surface area contributed by atoms with Crippen LogP contribution in [0.3, 0.4) is 0 Å². The molecule has 1 aliphatic heterocycles. The van der Waals surface area contributed by atoms with Crippen molar-refractivity contribution < 1.29 is 14.3 Å². The van der Waals surface area contributed by atoms with Crippen molar-refractivity contribution in [1.82, 2.24) is 4.90 Å². The van der Waals surface area contributed by atoms with E-state index >= 15 is 0 Å². The number of amides is 1. The number of nitrogens with zero attached hydrogens (tertiary/aromatic N) is 1. The Morgan fingerprint density at radius 3 is 3.00 bits per heavy atom. The zero-order valence-electron chi connectivity index (χ0n) is 6.95. The third kappa shape index (κ3) is 1.32. The molecule has 12 heavy (non-hydrogen) atoms. The van der Waals surface area contributed by atoms with Gasteiger partial charge < -0.3 is 9.64 Å². The van der Waals surface area contributed by atoms with Crippen LogP contribution in [-0.4, -0.2) is 29.9 Å². The van der Waals surface area contributed by atoms with Gasteiger partial charge in [-0.1, -0.05) is 6.58 Å². The van der Waals surface area contributed by atoms with Gasteiger partial charge in [-0.2, -0.15) is 0 Å². The van der Waals surface area contributed by atoms with Crippen molar-refractivity contribution in [2.45, 2.75) is 18.9 Å². The largest absolute Gasteiger partial charge is 0.467 e. The highest BCUT2D eigenvalue weighted by molar-refractivity contribution is 5.88. The van der Waals surface area contributed by atoms with Crippen LogP contribution in [0.2, 0.25) is 0 Å². The molecule has 4 heteroatoms. The Hall–Kier alpha value is -1.32. The summed E-state index contributed by atoms with van der Waals surface area (Å²) in [4.78, 5) is 23.5. The van der Waals surface area contributed by atoms with Gasteiger partial charge in [-0.15, -0.1) is 0 Å². The number of carbonyl (C=O) groups is 2. The molecule has 4 nitrogen and oxygen atoms in total. The topological polar surface area (TPSA) is 46.6 Å². The predicted octanol–water partition coefficient (Wildman–Crippen LogP) is 0.294. The lowest BCUT2D eigenvalue weighted by Crippen LogP contribution is -2.35. The second kappa shape index (κ2) is 3.38. The SMILES string of the molecule is C=CN1C(=O)CC[C@H]1C(=O)OC. The average Bonchev–Trinajstić information content (AvgIpc) is 2.45. The van der Waals surface area contributed by atoms with Crippen LogP contribution in [0.4, 0.5) is 0 Å². The summed E-state index contributed by atoms with van der Waals surface area (Å²) in [5, 5.41) is 0. The summed E-state index contributed by atoms with van der Waals surface area (Å²) in [5.74, 6) is -0.443. The number of ether oxygens (including phenoxy) is 1. The molecule has 66 valence electrons. The lowest BCUT2D eigenvalue weighted by atomic mass is 10.2. The van der Waals surface area contributed by atoms with Crippen LogP contribution in [0.15, 0.2) is 12.8 Å². The molecule has 0 aromatic rings. The number of carbonyl (C=O) groups excluding carboxylic acids is 2. The summed E-state index contributed by atoms with van der Waals surface area (Å²) in [6, 6.07) is -0.458. The van der Waals surface area contributed by atoms with Gasteiger partial charge in [-0.3, -0.25) is 4.79 Å². The second-order valence-electron chi connectivity index (χ2n) is 2.56. The molecular formula is C8H11NO3. The van der Waals surface area contributed by atoms with Gasteiger partial charge in [0.1, 0.15) is 6.04 Å². The summed E-state index contributed by atoms with van der Waals surface area (Å²) in [7, 11) is 1.31. The highest BCUT2D eigenvalue weighted by Gasteiger charge is 2.34. The minimum absolute atomic E-state index is 0.0691. The fourth-order valence-corrected chi connectivity index (χ4v) is 1.30. The fourth-order valence-electron chi connectivity index (χ4n) is 1.30. The van der Waals surface area contributed by atoms with E-state index in [4.69, 9.17) is 0 Å². The van der Waals surface area contributed by atoms with Gasteiger partial charge in [-0.05, 0) is 6.42 Å². The quantitative estimate of drug-likeness (QED) is 0.558. The zero-order chi connectivity index (χ0) is 9.14. The molecule has 1 saturated heterocycles. The van der Waals surface area contributed by atoms with Crippen molar-refractivity contribution >= 4 is 11.9 Å². The Bertz CT molecular complexity index is 224. The van der Waals surface area contributed by atoms with E-state index in [1.165, 1.54) is 18.2 Å². The van der Waals surface area contributed by atoms with Gasteiger partial charge in [0.05, 0.1) is 7.11 Å². The average molecular weight is 169 g/mol.